The quantitative estimate of drug-likeness (QED) is 0.591. The molecule has 0 aromatic carbocycles. The molecule has 1 aliphatic rings. The number of pyridine rings is 2. The summed E-state index contributed by atoms with van der Waals surface area (Å²) in [4.78, 5) is 8.97. The van der Waals surface area contributed by atoms with Gasteiger partial charge in [0.1, 0.15) is 11.5 Å². The van der Waals surface area contributed by atoms with Crippen molar-refractivity contribution in [3.05, 3.63) is 54.9 Å². The summed E-state index contributed by atoms with van der Waals surface area (Å²) < 4.78 is 17.8. The van der Waals surface area contributed by atoms with Gasteiger partial charge in [-0.25, -0.2) is 13.9 Å². The average molecular weight is 378 g/mol. The molecule has 4 aromatic rings. The Balaban J connectivity index is 1.49. The van der Waals surface area contributed by atoms with Gasteiger partial charge in [-0.2, -0.15) is 10.2 Å². The van der Waals surface area contributed by atoms with Crippen LogP contribution in [0.25, 0.3) is 28.0 Å². The molecule has 28 heavy (non-hydrogen) atoms. The fraction of sp³-hybridized carbons (Fsp3) is 0.300. The largest absolute Gasteiger partial charge is 0.393 e. The number of aryl methyl sites for hydroxylation is 1. The highest BCUT2D eigenvalue weighted by atomic mass is 19.1. The minimum absolute atomic E-state index is 0.143. The van der Waals surface area contributed by atoms with Crippen molar-refractivity contribution in [1.29, 1.82) is 0 Å². The van der Waals surface area contributed by atoms with Crippen LogP contribution in [0.4, 0.5) is 4.39 Å². The van der Waals surface area contributed by atoms with Crippen LogP contribution in [0.2, 0.25) is 0 Å². The van der Waals surface area contributed by atoms with E-state index in [1.54, 1.807) is 21.6 Å². The van der Waals surface area contributed by atoms with Gasteiger partial charge in [0.2, 0.25) is 0 Å². The maximum Gasteiger partial charge on any atom is 0.156 e. The highest BCUT2D eigenvalue weighted by Crippen LogP contribution is 2.38. The van der Waals surface area contributed by atoms with Crippen LogP contribution in [-0.2, 0) is 6.54 Å². The molecule has 0 spiro atoms. The molecule has 1 N–H and O–H groups in total. The van der Waals surface area contributed by atoms with Crippen LogP contribution in [0.5, 0.6) is 0 Å². The standard InChI is InChI=1S/C20H19FN6O/c1-13-24-18-7-14(4-6-27(18)25-13)19-17(3-2-5-22-19)15-10-23-26(11-15)12-20(21)8-16(28)9-20/h2-7,10-11,16,28H,8-9,12H2,1H3. The van der Waals surface area contributed by atoms with E-state index < -0.39 is 11.8 Å². The summed E-state index contributed by atoms with van der Waals surface area (Å²) in [6, 6.07) is 7.74. The third kappa shape index (κ3) is 2.95. The molecule has 8 heteroatoms. The molecule has 0 saturated heterocycles. The van der Waals surface area contributed by atoms with Gasteiger partial charge in [-0.1, -0.05) is 6.07 Å². The van der Waals surface area contributed by atoms with Crippen LogP contribution >= 0.6 is 0 Å². The predicted molar refractivity (Wildman–Crippen MR) is 101 cm³/mol. The molecule has 0 atom stereocenters. The lowest BCUT2D eigenvalue weighted by atomic mass is 9.79. The second-order valence-corrected chi connectivity index (χ2v) is 7.42. The number of alkyl halides is 1. The number of fused-ring (bicyclic) bond motifs is 1. The highest BCUT2D eigenvalue weighted by molar-refractivity contribution is 5.81. The molecule has 1 fully saturated rings. The molecule has 1 saturated carbocycles. The molecular formula is C20H19FN6O. The molecule has 4 aromatic heterocycles. The Bertz CT molecular complexity index is 1160. The van der Waals surface area contributed by atoms with Crippen LogP contribution in [0, 0.1) is 6.92 Å². The van der Waals surface area contributed by atoms with E-state index in [0.717, 1.165) is 28.0 Å². The van der Waals surface area contributed by atoms with Crippen molar-refractivity contribution in [2.45, 2.75) is 38.1 Å². The topological polar surface area (TPSA) is 81.1 Å². The molecule has 0 radical (unpaired) electrons. The lowest BCUT2D eigenvalue weighted by Crippen LogP contribution is -2.46. The van der Waals surface area contributed by atoms with Gasteiger partial charge in [-0.3, -0.25) is 9.67 Å². The van der Waals surface area contributed by atoms with Crippen molar-refractivity contribution in [2.24, 2.45) is 0 Å². The van der Waals surface area contributed by atoms with Crippen LogP contribution in [-0.4, -0.2) is 46.2 Å². The van der Waals surface area contributed by atoms with E-state index in [0.29, 0.717) is 5.82 Å². The maximum absolute atomic E-state index is 14.5. The van der Waals surface area contributed by atoms with Crippen molar-refractivity contribution in [3.63, 3.8) is 0 Å². The number of halogens is 1. The first kappa shape index (κ1) is 17.0. The number of hydrogen-bond acceptors (Lipinski definition) is 5. The molecule has 5 rings (SSSR count). The highest BCUT2D eigenvalue weighted by Gasteiger charge is 2.44. The molecule has 0 unspecified atom stereocenters. The lowest BCUT2D eigenvalue weighted by molar-refractivity contribution is -0.0674. The lowest BCUT2D eigenvalue weighted by Gasteiger charge is -2.38. The fourth-order valence-corrected chi connectivity index (χ4v) is 3.80. The van der Waals surface area contributed by atoms with Gasteiger partial charge < -0.3 is 5.11 Å². The first-order chi connectivity index (χ1) is 13.5. The van der Waals surface area contributed by atoms with Crippen molar-refractivity contribution in [3.8, 4) is 22.4 Å². The number of aliphatic hydroxyl groups is 1. The Morgan fingerprint density at radius 3 is 2.96 bits per heavy atom. The van der Waals surface area contributed by atoms with Crippen LogP contribution in [0.1, 0.15) is 18.7 Å². The normalized spacial score (nSPS) is 21.8. The Labute approximate surface area is 160 Å². The van der Waals surface area contributed by atoms with E-state index in [-0.39, 0.29) is 19.4 Å². The summed E-state index contributed by atoms with van der Waals surface area (Å²) >= 11 is 0. The minimum Gasteiger partial charge on any atom is -0.393 e. The van der Waals surface area contributed by atoms with Gasteiger partial charge in [0, 0.05) is 48.1 Å². The van der Waals surface area contributed by atoms with Gasteiger partial charge in [0.05, 0.1) is 24.5 Å². The molecule has 142 valence electrons. The number of hydrogen-bond donors (Lipinski definition) is 1. The minimum atomic E-state index is -1.38. The first-order valence-corrected chi connectivity index (χ1v) is 9.17. The van der Waals surface area contributed by atoms with E-state index in [1.165, 1.54) is 0 Å². The number of rotatable bonds is 4. The third-order valence-corrected chi connectivity index (χ3v) is 5.12. The van der Waals surface area contributed by atoms with Gasteiger partial charge in [0.15, 0.2) is 5.65 Å². The average Bonchev–Trinajstić information content (AvgIpc) is 3.25. The molecule has 7 nitrogen and oxygen atoms in total. The van der Waals surface area contributed by atoms with Crippen molar-refractivity contribution < 1.29 is 9.50 Å². The summed E-state index contributed by atoms with van der Waals surface area (Å²) in [6.07, 6.45) is 6.94. The summed E-state index contributed by atoms with van der Waals surface area (Å²) in [5.74, 6) is 0.709. The summed E-state index contributed by atoms with van der Waals surface area (Å²) in [6.45, 7) is 2.00. The van der Waals surface area contributed by atoms with Crippen molar-refractivity contribution in [1.82, 2.24) is 29.4 Å². The third-order valence-electron chi connectivity index (χ3n) is 5.12. The summed E-state index contributed by atoms with van der Waals surface area (Å²) in [7, 11) is 0. The van der Waals surface area contributed by atoms with E-state index >= 15 is 0 Å². The van der Waals surface area contributed by atoms with Gasteiger partial charge >= 0.3 is 0 Å². The number of aromatic nitrogens is 6. The van der Waals surface area contributed by atoms with Crippen LogP contribution in [0.15, 0.2) is 49.1 Å². The Morgan fingerprint density at radius 1 is 1.29 bits per heavy atom. The molecule has 0 amide bonds. The zero-order valence-electron chi connectivity index (χ0n) is 15.3. The van der Waals surface area contributed by atoms with Gasteiger partial charge in [0.25, 0.3) is 0 Å². The van der Waals surface area contributed by atoms with E-state index in [2.05, 4.69) is 20.2 Å². The maximum atomic E-state index is 14.5. The number of nitrogens with zero attached hydrogens (tertiary/aromatic N) is 6. The van der Waals surface area contributed by atoms with E-state index in [9.17, 15) is 9.50 Å². The Morgan fingerprint density at radius 2 is 2.14 bits per heavy atom. The smallest absolute Gasteiger partial charge is 0.156 e. The SMILES string of the molecule is Cc1nc2cc(-c3ncccc3-c3cnn(CC4(F)CC(O)C4)c3)ccn2n1. The Kier molecular flexibility index (Phi) is 3.77. The zero-order chi connectivity index (χ0) is 19.3. The van der Waals surface area contributed by atoms with Crippen LogP contribution in [0.3, 0.4) is 0 Å². The Hall–Kier alpha value is -3.13. The fourth-order valence-electron chi connectivity index (χ4n) is 3.80. The monoisotopic (exact) mass is 378 g/mol. The molecular weight excluding hydrogens is 359 g/mol. The predicted octanol–water partition coefficient (Wildman–Crippen LogP) is 2.83. The molecule has 4 heterocycles. The summed E-state index contributed by atoms with van der Waals surface area (Å²) in [5.41, 5.74) is 2.88. The molecule has 0 bridgehead atoms. The van der Waals surface area contributed by atoms with E-state index in [4.69, 9.17) is 0 Å². The second kappa shape index (κ2) is 6.20. The van der Waals surface area contributed by atoms with Crippen molar-refractivity contribution >= 4 is 5.65 Å². The molecule has 0 aliphatic heterocycles. The number of aliphatic hydroxyl groups excluding tert-OH is 1. The van der Waals surface area contributed by atoms with E-state index in [1.807, 2.05) is 43.6 Å². The van der Waals surface area contributed by atoms with Gasteiger partial charge in [-0.05, 0) is 25.1 Å². The molecule has 1 aliphatic carbocycles. The summed E-state index contributed by atoms with van der Waals surface area (Å²) in [5, 5.41) is 18.0. The zero-order valence-corrected chi connectivity index (χ0v) is 15.3. The first-order valence-electron chi connectivity index (χ1n) is 9.17. The second-order valence-electron chi connectivity index (χ2n) is 7.42. The van der Waals surface area contributed by atoms with Crippen molar-refractivity contribution in [2.75, 3.05) is 0 Å². The van der Waals surface area contributed by atoms with Crippen LogP contribution < -0.4 is 0 Å². The van der Waals surface area contributed by atoms with Gasteiger partial charge in [-0.15, -0.1) is 0 Å².